The highest BCUT2D eigenvalue weighted by Gasteiger charge is 1.91. The lowest BCUT2D eigenvalue weighted by Crippen LogP contribution is -1.77. The summed E-state index contributed by atoms with van der Waals surface area (Å²) in [5, 5.41) is 0.852. The summed E-state index contributed by atoms with van der Waals surface area (Å²) in [5.74, 6) is 0. The Balaban J connectivity index is 4.04. The Kier molecular flexibility index (Phi) is 5.32. The maximum Gasteiger partial charge on any atom is 0.0513 e. The van der Waals surface area contributed by atoms with Crippen LogP contribution in [0.15, 0.2) is 15.7 Å². The van der Waals surface area contributed by atoms with Crippen LogP contribution in [0, 0.1) is 0 Å². The molecule has 0 bridgehead atoms. The Morgan fingerprint density at radius 3 is 2.50 bits per heavy atom. The third-order valence-electron chi connectivity index (χ3n) is 1.17. The van der Waals surface area contributed by atoms with Crippen molar-refractivity contribution in [3.63, 3.8) is 0 Å². The zero-order valence-corrected chi connectivity index (χ0v) is 7.57. The first kappa shape index (κ1) is 9.70. The predicted molar refractivity (Wildman–Crippen MR) is 47.6 cm³/mol. The van der Waals surface area contributed by atoms with E-state index in [0.717, 1.165) is 23.6 Å². The molecule has 0 heterocycles. The third-order valence-corrected chi connectivity index (χ3v) is 1.71. The fourth-order valence-electron chi connectivity index (χ4n) is 0.554. The van der Waals surface area contributed by atoms with E-state index in [1.807, 2.05) is 20.1 Å². The van der Waals surface area contributed by atoms with Crippen LogP contribution in [0.2, 0.25) is 0 Å². The maximum atomic E-state index is 5.82. The van der Waals surface area contributed by atoms with Crippen molar-refractivity contribution in [3.8, 4) is 0 Å². The van der Waals surface area contributed by atoms with Gasteiger partial charge in [0.25, 0.3) is 0 Å². The first-order valence-electron chi connectivity index (χ1n) is 3.60. The SMILES string of the molecule is CCC=N/C(C)=C(/Cl)CC. The minimum absolute atomic E-state index is 0.852. The second kappa shape index (κ2) is 5.48. The van der Waals surface area contributed by atoms with Gasteiger partial charge in [0, 0.05) is 11.2 Å². The van der Waals surface area contributed by atoms with Crippen molar-refractivity contribution in [1.82, 2.24) is 0 Å². The zero-order chi connectivity index (χ0) is 7.98. The zero-order valence-electron chi connectivity index (χ0n) is 6.82. The minimum Gasteiger partial charge on any atom is -0.265 e. The lowest BCUT2D eigenvalue weighted by molar-refractivity contribution is 1.12. The van der Waals surface area contributed by atoms with E-state index >= 15 is 0 Å². The van der Waals surface area contributed by atoms with Gasteiger partial charge in [0.05, 0.1) is 5.70 Å². The number of aliphatic imine (C=N–C) groups is 1. The Morgan fingerprint density at radius 1 is 1.50 bits per heavy atom. The molecule has 0 spiro atoms. The average molecular weight is 160 g/mol. The number of nitrogens with zero attached hydrogens (tertiary/aromatic N) is 1. The quantitative estimate of drug-likeness (QED) is 0.560. The third kappa shape index (κ3) is 3.67. The largest absolute Gasteiger partial charge is 0.265 e. The van der Waals surface area contributed by atoms with Crippen LogP contribution in [0.5, 0.6) is 0 Å². The number of allylic oxidation sites excluding steroid dienone is 2. The molecule has 0 rings (SSSR count). The van der Waals surface area contributed by atoms with Crippen LogP contribution in [0.25, 0.3) is 0 Å². The summed E-state index contributed by atoms with van der Waals surface area (Å²) in [6.45, 7) is 6.00. The number of halogens is 1. The highest BCUT2D eigenvalue weighted by molar-refractivity contribution is 6.29. The van der Waals surface area contributed by atoms with Crippen molar-refractivity contribution in [3.05, 3.63) is 10.7 Å². The van der Waals surface area contributed by atoms with E-state index in [0.29, 0.717) is 0 Å². The Morgan fingerprint density at radius 2 is 2.10 bits per heavy atom. The summed E-state index contributed by atoms with van der Waals surface area (Å²) in [7, 11) is 0. The van der Waals surface area contributed by atoms with E-state index in [9.17, 15) is 0 Å². The van der Waals surface area contributed by atoms with Crippen LogP contribution in [0.3, 0.4) is 0 Å². The van der Waals surface area contributed by atoms with Gasteiger partial charge in [-0.15, -0.1) is 0 Å². The summed E-state index contributed by atoms with van der Waals surface area (Å²) in [5.41, 5.74) is 0.936. The lowest BCUT2D eigenvalue weighted by Gasteiger charge is -1.94. The molecule has 0 atom stereocenters. The molecule has 0 aliphatic heterocycles. The monoisotopic (exact) mass is 159 g/mol. The fourth-order valence-corrected chi connectivity index (χ4v) is 0.603. The molecule has 0 N–H and O–H groups in total. The molecule has 58 valence electrons. The molecule has 0 aromatic rings. The van der Waals surface area contributed by atoms with Gasteiger partial charge >= 0.3 is 0 Å². The topological polar surface area (TPSA) is 12.4 Å². The molecule has 0 amide bonds. The molecule has 0 aromatic heterocycles. The molecule has 0 aromatic carbocycles. The fraction of sp³-hybridized carbons (Fsp3) is 0.625. The minimum atomic E-state index is 0.852. The molecule has 0 saturated heterocycles. The molecule has 2 heteroatoms. The maximum absolute atomic E-state index is 5.82. The highest BCUT2D eigenvalue weighted by atomic mass is 35.5. The number of rotatable bonds is 3. The average Bonchev–Trinajstić information content (AvgIpc) is 1.98. The molecular formula is C8H14ClN. The van der Waals surface area contributed by atoms with Gasteiger partial charge in [-0.3, -0.25) is 4.99 Å². The number of hydrogen-bond donors (Lipinski definition) is 0. The second-order valence-corrected chi connectivity index (χ2v) is 2.52. The summed E-state index contributed by atoms with van der Waals surface area (Å²) < 4.78 is 0. The lowest BCUT2D eigenvalue weighted by atomic mass is 10.3. The standard InChI is InChI=1S/C8H14ClN/c1-4-6-10-7(3)8(9)5-2/h6H,4-5H2,1-3H3/b8-7+,10-6?. The van der Waals surface area contributed by atoms with E-state index in [-0.39, 0.29) is 0 Å². The molecule has 1 nitrogen and oxygen atoms in total. The van der Waals surface area contributed by atoms with Gasteiger partial charge in [-0.25, -0.2) is 0 Å². The first-order valence-corrected chi connectivity index (χ1v) is 3.97. The van der Waals surface area contributed by atoms with Crippen LogP contribution in [-0.2, 0) is 0 Å². The van der Waals surface area contributed by atoms with Gasteiger partial charge in [-0.1, -0.05) is 25.4 Å². The van der Waals surface area contributed by atoms with Gasteiger partial charge in [-0.2, -0.15) is 0 Å². The summed E-state index contributed by atoms with van der Waals surface area (Å²) >= 11 is 5.82. The molecule has 0 aliphatic rings. The van der Waals surface area contributed by atoms with Gasteiger partial charge in [0.2, 0.25) is 0 Å². The van der Waals surface area contributed by atoms with Crippen molar-refractivity contribution in [2.24, 2.45) is 4.99 Å². The molecule has 0 radical (unpaired) electrons. The van der Waals surface area contributed by atoms with Gasteiger partial charge < -0.3 is 0 Å². The molecule has 0 aliphatic carbocycles. The highest BCUT2D eigenvalue weighted by Crippen LogP contribution is 2.12. The van der Waals surface area contributed by atoms with E-state index < -0.39 is 0 Å². The molecule has 0 fully saturated rings. The Bertz CT molecular complexity index is 147. The van der Waals surface area contributed by atoms with E-state index in [4.69, 9.17) is 11.6 Å². The van der Waals surface area contributed by atoms with Crippen LogP contribution in [-0.4, -0.2) is 6.21 Å². The van der Waals surface area contributed by atoms with E-state index in [2.05, 4.69) is 11.9 Å². The summed E-state index contributed by atoms with van der Waals surface area (Å²) in [6.07, 6.45) is 3.70. The van der Waals surface area contributed by atoms with Crippen molar-refractivity contribution in [2.45, 2.75) is 33.6 Å². The number of hydrogen-bond acceptors (Lipinski definition) is 1. The first-order chi connectivity index (χ1) is 4.72. The Labute approximate surface area is 67.8 Å². The van der Waals surface area contributed by atoms with E-state index in [1.54, 1.807) is 0 Å². The molecule has 0 saturated carbocycles. The Hall–Kier alpha value is -0.300. The smallest absolute Gasteiger partial charge is 0.0513 e. The van der Waals surface area contributed by atoms with Crippen LogP contribution in [0.4, 0.5) is 0 Å². The van der Waals surface area contributed by atoms with Crippen molar-refractivity contribution in [1.29, 1.82) is 0 Å². The van der Waals surface area contributed by atoms with Gasteiger partial charge in [-0.05, 0) is 19.8 Å². The molecular weight excluding hydrogens is 146 g/mol. The second-order valence-electron chi connectivity index (χ2n) is 2.06. The van der Waals surface area contributed by atoms with Crippen LogP contribution < -0.4 is 0 Å². The van der Waals surface area contributed by atoms with Crippen molar-refractivity contribution >= 4 is 17.8 Å². The normalized spacial score (nSPS) is 14.0. The predicted octanol–water partition coefficient (Wildman–Crippen LogP) is 3.35. The summed E-state index contributed by atoms with van der Waals surface area (Å²) in [6, 6.07) is 0. The van der Waals surface area contributed by atoms with E-state index in [1.165, 1.54) is 0 Å². The van der Waals surface area contributed by atoms with Gasteiger partial charge in [0.1, 0.15) is 0 Å². The molecule has 0 unspecified atom stereocenters. The summed E-state index contributed by atoms with van der Waals surface area (Å²) in [4.78, 5) is 4.14. The van der Waals surface area contributed by atoms with Crippen LogP contribution >= 0.6 is 11.6 Å². The van der Waals surface area contributed by atoms with Crippen molar-refractivity contribution in [2.75, 3.05) is 0 Å². The van der Waals surface area contributed by atoms with Crippen molar-refractivity contribution < 1.29 is 0 Å². The molecule has 10 heavy (non-hydrogen) atoms. The van der Waals surface area contributed by atoms with Crippen LogP contribution in [0.1, 0.15) is 33.6 Å². The van der Waals surface area contributed by atoms with Gasteiger partial charge in [0.15, 0.2) is 0 Å².